The number of ether oxygens (including phenoxy) is 1. The first-order valence-electron chi connectivity index (χ1n) is 3.27. The zero-order chi connectivity index (χ0) is 8.97. The molecule has 0 spiro atoms. The first kappa shape index (κ1) is 9.28. The van der Waals surface area contributed by atoms with Gasteiger partial charge >= 0.3 is 5.97 Å². The highest BCUT2D eigenvalue weighted by Crippen LogP contribution is 2.15. The molecule has 66 valence electrons. The molecule has 1 aromatic rings. The number of hydrogen-bond acceptors (Lipinski definition) is 4. The second kappa shape index (κ2) is 4.27. The Morgan fingerprint density at radius 1 is 1.83 bits per heavy atom. The summed E-state index contributed by atoms with van der Waals surface area (Å²) < 4.78 is 12.2. The molecule has 0 aliphatic heterocycles. The Labute approximate surface area is 78.2 Å². The highest BCUT2D eigenvalue weighted by molar-refractivity contribution is 9.08. The summed E-state index contributed by atoms with van der Waals surface area (Å²) in [5, 5.41) is 0. The number of halogens is 1. The van der Waals surface area contributed by atoms with E-state index in [-0.39, 0.29) is 0 Å². The molecule has 0 saturated carbocycles. The van der Waals surface area contributed by atoms with Crippen molar-refractivity contribution in [2.24, 2.45) is 0 Å². The summed E-state index contributed by atoms with van der Waals surface area (Å²) in [5.74, 6) is 0.112. The van der Waals surface area contributed by atoms with Gasteiger partial charge in [-0.25, -0.2) is 9.14 Å². The van der Waals surface area contributed by atoms with Crippen molar-refractivity contribution in [3.8, 4) is 0 Å². The highest BCUT2D eigenvalue weighted by atomic mass is 79.9. The Kier molecular flexibility index (Phi) is 3.31. The maximum atomic E-state index is 11.1. The third-order valence-electron chi connectivity index (χ3n) is 1.37. The predicted molar refractivity (Wildman–Crippen MR) is 45.5 cm³/mol. The Hall–Kier alpha value is -0.810. The molecule has 0 saturated heterocycles. The molecule has 5 heteroatoms. The monoisotopic (exact) mass is 233 g/mol. The van der Waals surface area contributed by atoms with Crippen LogP contribution in [0.1, 0.15) is 11.8 Å². The minimum absolute atomic E-state index is 0.401. The molecular weight excluding hydrogens is 226 g/mol. The number of carbonyl (C=O) groups is 1. The molecule has 0 aliphatic rings. The van der Waals surface area contributed by atoms with E-state index < -0.39 is 12.0 Å². The number of carbonyl (C=O) groups excluding carboxylic acids is 1. The van der Waals surface area contributed by atoms with Gasteiger partial charge in [0.25, 0.3) is 0 Å². The predicted octanol–water partition coefficient (Wildman–Crippen LogP) is 1.39. The molecule has 1 aromatic heterocycles. The van der Waals surface area contributed by atoms with Crippen LogP contribution in [0.5, 0.6) is 0 Å². The summed E-state index contributed by atoms with van der Waals surface area (Å²) in [7, 11) is 1.32. The fourth-order valence-corrected chi connectivity index (χ4v) is 1.20. The van der Waals surface area contributed by atoms with Crippen molar-refractivity contribution in [2.75, 3.05) is 7.11 Å². The zero-order valence-electron chi connectivity index (χ0n) is 6.41. The first-order chi connectivity index (χ1) is 5.79. The molecule has 12 heavy (non-hydrogen) atoms. The topological polar surface area (TPSA) is 51.5 Å². The minimum Gasteiger partial charge on any atom is -0.467 e. The van der Waals surface area contributed by atoms with Crippen molar-refractivity contribution in [3.05, 3.63) is 24.2 Å². The van der Waals surface area contributed by atoms with Crippen molar-refractivity contribution in [2.45, 2.75) is 6.04 Å². The molecule has 1 rings (SSSR count). The van der Waals surface area contributed by atoms with Crippen LogP contribution in [0.4, 0.5) is 0 Å². The van der Waals surface area contributed by atoms with Crippen LogP contribution in [-0.4, -0.2) is 13.1 Å². The van der Waals surface area contributed by atoms with Crippen LogP contribution in [0.2, 0.25) is 0 Å². The molecule has 1 atom stereocenters. The molecule has 4 nitrogen and oxygen atoms in total. The van der Waals surface area contributed by atoms with Crippen molar-refractivity contribution in [1.82, 2.24) is 4.34 Å². The second-order valence-electron chi connectivity index (χ2n) is 2.08. The van der Waals surface area contributed by atoms with Gasteiger partial charge in [0.05, 0.1) is 13.4 Å². The summed E-state index contributed by atoms with van der Waals surface area (Å²) in [6.07, 6.45) is 1.50. The summed E-state index contributed by atoms with van der Waals surface area (Å²) in [5.41, 5.74) is 0. The van der Waals surface area contributed by atoms with Gasteiger partial charge in [0.15, 0.2) is 6.04 Å². The third-order valence-corrected chi connectivity index (χ3v) is 1.83. The molecule has 0 aliphatic carbocycles. The molecule has 1 unspecified atom stereocenters. The van der Waals surface area contributed by atoms with Gasteiger partial charge in [-0.15, -0.1) is 0 Å². The molecular formula is C7H8BrNO3. The molecule has 0 amide bonds. The summed E-state index contributed by atoms with van der Waals surface area (Å²) in [4.78, 5) is 11.1. The Morgan fingerprint density at radius 2 is 2.58 bits per heavy atom. The fraction of sp³-hybridized carbons (Fsp3) is 0.286. The van der Waals surface area contributed by atoms with Crippen LogP contribution >= 0.6 is 16.1 Å². The van der Waals surface area contributed by atoms with Gasteiger partial charge in [-0.1, -0.05) is 0 Å². The van der Waals surface area contributed by atoms with Gasteiger partial charge in [0.1, 0.15) is 5.76 Å². The lowest BCUT2D eigenvalue weighted by Crippen LogP contribution is -2.22. The zero-order valence-corrected chi connectivity index (χ0v) is 8.00. The van der Waals surface area contributed by atoms with Crippen LogP contribution in [-0.2, 0) is 9.53 Å². The van der Waals surface area contributed by atoms with E-state index in [4.69, 9.17) is 4.42 Å². The van der Waals surface area contributed by atoms with Gasteiger partial charge in [0.2, 0.25) is 0 Å². The number of hydrogen-bond donors (Lipinski definition) is 1. The van der Waals surface area contributed by atoms with E-state index in [9.17, 15) is 4.79 Å². The van der Waals surface area contributed by atoms with Crippen molar-refractivity contribution >= 4 is 22.1 Å². The van der Waals surface area contributed by atoms with Gasteiger partial charge in [-0.05, 0) is 12.1 Å². The van der Waals surface area contributed by atoms with Crippen LogP contribution in [0.25, 0.3) is 0 Å². The van der Waals surface area contributed by atoms with E-state index >= 15 is 0 Å². The van der Waals surface area contributed by atoms with E-state index in [1.54, 1.807) is 12.1 Å². The quantitative estimate of drug-likeness (QED) is 0.634. The van der Waals surface area contributed by atoms with Crippen LogP contribution in [0.15, 0.2) is 22.8 Å². The Balaban J connectivity index is 2.76. The van der Waals surface area contributed by atoms with E-state index in [1.165, 1.54) is 13.4 Å². The standard InChI is InChI=1S/C7H8BrNO3/c1-11-7(10)6(9-8)5-3-2-4-12-5/h2-4,6,9H,1H3. The van der Waals surface area contributed by atoms with E-state index in [1.807, 2.05) is 0 Å². The summed E-state index contributed by atoms with van der Waals surface area (Å²) >= 11 is 2.97. The van der Waals surface area contributed by atoms with Gasteiger partial charge in [-0.3, -0.25) is 0 Å². The van der Waals surface area contributed by atoms with Crippen LogP contribution in [0.3, 0.4) is 0 Å². The number of nitrogens with one attached hydrogen (secondary N) is 1. The third kappa shape index (κ3) is 1.86. The lowest BCUT2D eigenvalue weighted by atomic mass is 10.2. The Morgan fingerprint density at radius 3 is 3.00 bits per heavy atom. The van der Waals surface area contributed by atoms with E-state index in [0.717, 1.165) is 0 Å². The molecule has 0 bridgehead atoms. The maximum absolute atomic E-state index is 11.1. The molecule has 0 fully saturated rings. The van der Waals surface area contributed by atoms with Crippen LogP contribution in [0, 0.1) is 0 Å². The largest absolute Gasteiger partial charge is 0.467 e. The summed E-state index contributed by atoms with van der Waals surface area (Å²) in [6, 6.07) is 2.80. The number of furan rings is 1. The van der Waals surface area contributed by atoms with E-state index in [0.29, 0.717) is 5.76 Å². The molecule has 0 radical (unpaired) electrons. The lowest BCUT2D eigenvalue weighted by molar-refractivity contribution is -0.143. The highest BCUT2D eigenvalue weighted by Gasteiger charge is 2.22. The van der Waals surface area contributed by atoms with Gasteiger partial charge < -0.3 is 9.15 Å². The van der Waals surface area contributed by atoms with Crippen LogP contribution < -0.4 is 4.34 Å². The average Bonchev–Trinajstić information content (AvgIpc) is 2.58. The van der Waals surface area contributed by atoms with Gasteiger partial charge in [0, 0.05) is 16.1 Å². The Bertz CT molecular complexity index is 247. The molecule has 1 heterocycles. The van der Waals surface area contributed by atoms with Crippen molar-refractivity contribution < 1.29 is 13.9 Å². The van der Waals surface area contributed by atoms with E-state index in [2.05, 4.69) is 25.2 Å². The normalized spacial score (nSPS) is 12.5. The van der Waals surface area contributed by atoms with Gasteiger partial charge in [-0.2, -0.15) is 0 Å². The maximum Gasteiger partial charge on any atom is 0.331 e. The molecule has 0 aromatic carbocycles. The lowest BCUT2D eigenvalue weighted by Gasteiger charge is -2.08. The fourth-order valence-electron chi connectivity index (χ4n) is 0.788. The average molecular weight is 234 g/mol. The number of rotatable bonds is 3. The smallest absolute Gasteiger partial charge is 0.331 e. The number of esters is 1. The first-order valence-corrected chi connectivity index (χ1v) is 4.06. The summed E-state index contributed by atoms with van der Waals surface area (Å²) in [6.45, 7) is 0. The second-order valence-corrected chi connectivity index (χ2v) is 2.54. The molecule has 1 N–H and O–H groups in total. The number of methoxy groups -OCH3 is 1. The SMILES string of the molecule is COC(=O)C(NBr)c1ccco1. The minimum atomic E-state index is -0.593. The van der Waals surface area contributed by atoms with Crippen molar-refractivity contribution in [3.63, 3.8) is 0 Å². The van der Waals surface area contributed by atoms with Crippen molar-refractivity contribution in [1.29, 1.82) is 0 Å².